The summed E-state index contributed by atoms with van der Waals surface area (Å²) in [6.45, 7) is 0.169. The molecular formula is C9H10BrF3N2O. The van der Waals surface area contributed by atoms with Crippen molar-refractivity contribution in [3.05, 3.63) is 27.1 Å². The van der Waals surface area contributed by atoms with Crippen LogP contribution in [0.2, 0.25) is 0 Å². The molecule has 0 aliphatic carbocycles. The number of hydrogen-bond donors (Lipinski definition) is 1. The first-order chi connectivity index (χ1) is 7.29. The van der Waals surface area contributed by atoms with E-state index in [0.717, 1.165) is 0 Å². The van der Waals surface area contributed by atoms with E-state index in [0.29, 0.717) is 0 Å². The summed E-state index contributed by atoms with van der Waals surface area (Å²) in [6.07, 6.45) is -2.28. The standard InChI is InChI=1S/C9H10BrF3N2O/c10-6-4-15(5-7(14)8(6)16)3-1-2-9(11,12)13/h4-5H,1-3,14H2. The first-order valence-corrected chi connectivity index (χ1v) is 5.31. The second kappa shape index (κ2) is 4.90. The summed E-state index contributed by atoms with van der Waals surface area (Å²) >= 11 is 2.99. The molecular weight excluding hydrogens is 289 g/mol. The average molecular weight is 299 g/mol. The van der Waals surface area contributed by atoms with Crippen LogP contribution < -0.4 is 11.2 Å². The van der Waals surface area contributed by atoms with Gasteiger partial charge < -0.3 is 10.3 Å². The Labute approximate surface area is 98.2 Å². The number of anilines is 1. The third kappa shape index (κ3) is 3.88. The third-order valence-electron chi connectivity index (χ3n) is 1.94. The van der Waals surface area contributed by atoms with Crippen LogP contribution in [0, 0.1) is 0 Å². The number of aryl methyl sites for hydroxylation is 1. The molecule has 90 valence electrons. The Hall–Kier alpha value is -0.980. The van der Waals surface area contributed by atoms with Gasteiger partial charge in [0.05, 0.1) is 10.2 Å². The van der Waals surface area contributed by atoms with Crippen molar-refractivity contribution in [2.45, 2.75) is 25.6 Å². The Morgan fingerprint density at radius 1 is 1.38 bits per heavy atom. The molecule has 0 atom stereocenters. The molecule has 1 aromatic heterocycles. The maximum Gasteiger partial charge on any atom is 0.389 e. The van der Waals surface area contributed by atoms with Crippen LogP contribution in [-0.4, -0.2) is 10.7 Å². The van der Waals surface area contributed by atoms with Crippen molar-refractivity contribution >= 4 is 21.6 Å². The number of nitrogens with zero attached hydrogens (tertiary/aromatic N) is 1. The van der Waals surface area contributed by atoms with Gasteiger partial charge in [-0.15, -0.1) is 0 Å². The van der Waals surface area contributed by atoms with Crippen LogP contribution in [-0.2, 0) is 6.54 Å². The van der Waals surface area contributed by atoms with Crippen molar-refractivity contribution in [1.29, 1.82) is 0 Å². The molecule has 0 saturated heterocycles. The zero-order valence-corrected chi connectivity index (χ0v) is 9.81. The number of halogens is 4. The summed E-state index contributed by atoms with van der Waals surface area (Å²) in [5.74, 6) is 0. The molecule has 1 aromatic rings. The molecule has 0 aliphatic heterocycles. The van der Waals surface area contributed by atoms with Gasteiger partial charge >= 0.3 is 6.18 Å². The van der Waals surface area contributed by atoms with Crippen LogP contribution in [0.4, 0.5) is 18.9 Å². The van der Waals surface area contributed by atoms with Gasteiger partial charge in [0.15, 0.2) is 0 Å². The highest BCUT2D eigenvalue weighted by atomic mass is 79.9. The van der Waals surface area contributed by atoms with Gasteiger partial charge in [0.2, 0.25) is 5.43 Å². The lowest BCUT2D eigenvalue weighted by Crippen LogP contribution is -2.14. The Morgan fingerprint density at radius 2 is 2.00 bits per heavy atom. The number of nitrogens with two attached hydrogens (primary N) is 1. The molecule has 0 amide bonds. The van der Waals surface area contributed by atoms with E-state index < -0.39 is 12.6 Å². The lowest BCUT2D eigenvalue weighted by atomic mass is 10.3. The monoisotopic (exact) mass is 298 g/mol. The fourth-order valence-electron chi connectivity index (χ4n) is 1.21. The van der Waals surface area contributed by atoms with Gasteiger partial charge in [-0.25, -0.2) is 0 Å². The topological polar surface area (TPSA) is 48.0 Å². The van der Waals surface area contributed by atoms with Crippen LogP contribution in [0.5, 0.6) is 0 Å². The summed E-state index contributed by atoms with van der Waals surface area (Å²) < 4.78 is 37.4. The summed E-state index contributed by atoms with van der Waals surface area (Å²) in [7, 11) is 0. The maximum absolute atomic E-state index is 11.9. The van der Waals surface area contributed by atoms with Crippen molar-refractivity contribution in [2.75, 3.05) is 5.73 Å². The smallest absolute Gasteiger partial charge is 0.389 e. The van der Waals surface area contributed by atoms with Gasteiger partial charge in [0, 0.05) is 25.4 Å². The molecule has 0 saturated carbocycles. The molecule has 0 bridgehead atoms. The van der Waals surface area contributed by atoms with Gasteiger partial charge in [-0.1, -0.05) is 0 Å². The van der Waals surface area contributed by atoms with Gasteiger partial charge in [0.25, 0.3) is 0 Å². The predicted molar refractivity (Wildman–Crippen MR) is 58.1 cm³/mol. The molecule has 3 nitrogen and oxygen atoms in total. The Balaban J connectivity index is 2.66. The first kappa shape index (κ1) is 13.1. The lowest BCUT2D eigenvalue weighted by molar-refractivity contribution is -0.135. The molecule has 1 heterocycles. The van der Waals surface area contributed by atoms with Gasteiger partial charge in [0.1, 0.15) is 0 Å². The summed E-state index contributed by atoms with van der Waals surface area (Å²) in [5.41, 5.74) is 5.05. The third-order valence-corrected chi connectivity index (χ3v) is 2.50. The van der Waals surface area contributed by atoms with Crippen molar-refractivity contribution < 1.29 is 13.2 Å². The highest BCUT2D eigenvalue weighted by molar-refractivity contribution is 9.10. The number of pyridine rings is 1. The fourth-order valence-corrected chi connectivity index (χ4v) is 1.70. The van der Waals surface area contributed by atoms with Crippen molar-refractivity contribution in [3.8, 4) is 0 Å². The van der Waals surface area contributed by atoms with E-state index in [1.165, 1.54) is 17.0 Å². The number of rotatable bonds is 3. The Kier molecular flexibility index (Phi) is 4.01. The van der Waals surface area contributed by atoms with Gasteiger partial charge in [-0.2, -0.15) is 13.2 Å². The Morgan fingerprint density at radius 3 is 2.50 bits per heavy atom. The Bertz CT molecular complexity index is 401. The molecule has 0 aromatic carbocycles. The predicted octanol–water partition coefficient (Wildman–Crippen LogP) is 2.54. The second-order valence-electron chi connectivity index (χ2n) is 3.35. The fraction of sp³-hybridized carbons (Fsp3) is 0.444. The summed E-state index contributed by atoms with van der Waals surface area (Å²) in [4.78, 5) is 11.2. The summed E-state index contributed by atoms with van der Waals surface area (Å²) in [5, 5.41) is 0. The van der Waals surface area contributed by atoms with E-state index in [4.69, 9.17) is 5.73 Å². The van der Waals surface area contributed by atoms with Crippen LogP contribution in [0.1, 0.15) is 12.8 Å². The van der Waals surface area contributed by atoms with Crippen LogP contribution in [0.3, 0.4) is 0 Å². The van der Waals surface area contributed by atoms with Crippen molar-refractivity contribution in [1.82, 2.24) is 4.57 Å². The molecule has 0 unspecified atom stereocenters. The van der Waals surface area contributed by atoms with E-state index in [1.54, 1.807) is 0 Å². The largest absolute Gasteiger partial charge is 0.394 e. The minimum Gasteiger partial charge on any atom is -0.394 e. The average Bonchev–Trinajstić information content (AvgIpc) is 2.12. The number of aromatic nitrogens is 1. The number of hydrogen-bond acceptors (Lipinski definition) is 2. The van der Waals surface area contributed by atoms with E-state index in [2.05, 4.69) is 15.9 Å². The highest BCUT2D eigenvalue weighted by Crippen LogP contribution is 2.21. The zero-order chi connectivity index (χ0) is 12.3. The minimum absolute atomic E-state index is 0.0152. The van der Waals surface area contributed by atoms with E-state index in [1.807, 2.05) is 0 Å². The van der Waals surface area contributed by atoms with Gasteiger partial charge in [-0.3, -0.25) is 4.79 Å². The molecule has 1 rings (SSSR count). The van der Waals surface area contributed by atoms with Gasteiger partial charge in [-0.05, 0) is 22.4 Å². The van der Waals surface area contributed by atoms with E-state index >= 15 is 0 Å². The molecule has 0 fully saturated rings. The quantitative estimate of drug-likeness (QED) is 0.932. The number of alkyl halides is 3. The molecule has 0 aliphatic rings. The van der Waals surface area contributed by atoms with Crippen LogP contribution in [0.25, 0.3) is 0 Å². The second-order valence-corrected chi connectivity index (χ2v) is 4.20. The molecule has 16 heavy (non-hydrogen) atoms. The molecule has 7 heteroatoms. The highest BCUT2D eigenvalue weighted by Gasteiger charge is 2.25. The van der Waals surface area contributed by atoms with Crippen LogP contribution in [0.15, 0.2) is 21.7 Å². The molecule has 2 N–H and O–H groups in total. The zero-order valence-electron chi connectivity index (χ0n) is 8.22. The van der Waals surface area contributed by atoms with Crippen molar-refractivity contribution in [3.63, 3.8) is 0 Å². The lowest BCUT2D eigenvalue weighted by Gasteiger charge is -2.09. The first-order valence-electron chi connectivity index (χ1n) is 4.51. The minimum atomic E-state index is -4.15. The van der Waals surface area contributed by atoms with E-state index in [9.17, 15) is 18.0 Å². The maximum atomic E-state index is 11.9. The normalized spacial score (nSPS) is 11.8. The van der Waals surface area contributed by atoms with E-state index in [-0.39, 0.29) is 28.6 Å². The van der Waals surface area contributed by atoms with Crippen LogP contribution >= 0.6 is 15.9 Å². The van der Waals surface area contributed by atoms with Crippen molar-refractivity contribution in [2.24, 2.45) is 0 Å². The molecule has 0 radical (unpaired) electrons. The SMILES string of the molecule is Nc1cn(CCCC(F)(F)F)cc(Br)c1=O. The number of nitrogen functional groups attached to an aromatic ring is 1. The molecule has 0 spiro atoms. The summed E-state index contributed by atoms with van der Waals surface area (Å²) in [6, 6.07) is 0.